The molecule has 0 fully saturated rings. The van der Waals surface area contributed by atoms with Crippen LogP contribution in [-0.4, -0.2) is 6.61 Å². The van der Waals surface area contributed by atoms with Gasteiger partial charge in [-0.2, -0.15) is 0 Å². The molecule has 0 aromatic rings. The Hall–Kier alpha value is -0.720. The minimum Gasteiger partial charge on any atom is -0.498 e. The molecule has 0 saturated heterocycles. The molecule has 0 spiro atoms. The van der Waals surface area contributed by atoms with Crippen LogP contribution >= 0.6 is 0 Å². The molecule has 0 aromatic carbocycles. The summed E-state index contributed by atoms with van der Waals surface area (Å²) in [6.45, 7) is 19.9. The summed E-state index contributed by atoms with van der Waals surface area (Å²) in [6, 6.07) is 0. The van der Waals surface area contributed by atoms with E-state index in [1.165, 1.54) is 11.1 Å². The quantitative estimate of drug-likeness (QED) is 0.460. The van der Waals surface area contributed by atoms with Gasteiger partial charge < -0.3 is 4.74 Å². The molecular formula is C16H32O. The molecule has 0 aliphatic rings. The van der Waals surface area contributed by atoms with Gasteiger partial charge in [0.25, 0.3) is 0 Å². The largest absolute Gasteiger partial charge is 0.498 e. The van der Waals surface area contributed by atoms with Crippen molar-refractivity contribution < 1.29 is 4.74 Å². The van der Waals surface area contributed by atoms with E-state index in [4.69, 9.17) is 4.74 Å². The van der Waals surface area contributed by atoms with E-state index in [1.807, 2.05) is 6.92 Å². The van der Waals surface area contributed by atoms with Crippen molar-refractivity contribution in [2.45, 2.75) is 62.3 Å². The van der Waals surface area contributed by atoms with Gasteiger partial charge in [-0.15, -0.1) is 0 Å². The number of allylic oxidation sites excluding steroid dienone is 4. The van der Waals surface area contributed by atoms with Crippen molar-refractivity contribution in [3.05, 3.63) is 23.0 Å². The van der Waals surface area contributed by atoms with Gasteiger partial charge in [-0.3, -0.25) is 0 Å². The van der Waals surface area contributed by atoms with Crippen LogP contribution in [0.3, 0.4) is 0 Å². The lowest BCUT2D eigenvalue weighted by molar-refractivity contribution is 0.196. The van der Waals surface area contributed by atoms with Gasteiger partial charge in [-0.25, -0.2) is 0 Å². The number of hydrogen-bond acceptors (Lipinski definition) is 1. The number of ether oxygens (including phenoxy) is 1. The molecule has 0 aromatic heterocycles. The van der Waals surface area contributed by atoms with Gasteiger partial charge in [-0.1, -0.05) is 39.3 Å². The summed E-state index contributed by atoms with van der Waals surface area (Å²) in [5, 5.41) is 0. The fraction of sp³-hybridized carbons (Fsp3) is 0.750. The minimum absolute atomic E-state index is 0.518. The molecule has 0 aliphatic heterocycles. The Labute approximate surface area is 109 Å². The SMILES string of the molecule is CC(C)=CC(C)C.CCOC(=C(C)C)C(C)C. The first-order valence-corrected chi connectivity index (χ1v) is 6.67. The third-order valence-electron chi connectivity index (χ3n) is 1.98. The molecular weight excluding hydrogens is 208 g/mol. The van der Waals surface area contributed by atoms with Gasteiger partial charge in [-0.05, 0) is 46.1 Å². The van der Waals surface area contributed by atoms with E-state index in [1.54, 1.807) is 0 Å². The first-order chi connectivity index (χ1) is 7.72. The van der Waals surface area contributed by atoms with Gasteiger partial charge in [0, 0.05) is 5.92 Å². The van der Waals surface area contributed by atoms with Crippen LogP contribution in [-0.2, 0) is 4.74 Å². The van der Waals surface area contributed by atoms with E-state index in [0.717, 1.165) is 12.4 Å². The van der Waals surface area contributed by atoms with E-state index in [2.05, 4.69) is 61.5 Å². The fourth-order valence-corrected chi connectivity index (χ4v) is 1.71. The second kappa shape index (κ2) is 10.4. The molecule has 0 amide bonds. The standard InChI is InChI=1S/C9H18O.C7H14/c1-6-10-9(7(2)3)8(4)5;1-6(2)5-7(3)4/h7H,6H2,1-5H3;5-6H,1-4H3. The molecule has 17 heavy (non-hydrogen) atoms. The van der Waals surface area contributed by atoms with Crippen molar-refractivity contribution >= 4 is 0 Å². The lowest BCUT2D eigenvalue weighted by Crippen LogP contribution is -2.01. The normalized spacial score (nSPS) is 9.59. The molecule has 0 radical (unpaired) electrons. The van der Waals surface area contributed by atoms with Gasteiger partial charge in [0.1, 0.15) is 0 Å². The Morgan fingerprint density at radius 2 is 1.47 bits per heavy atom. The van der Waals surface area contributed by atoms with Crippen molar-refractivity contribution in [3.8, 4) is 0 Å². The molecule has 0 rings (SSSR count). The van der Waals surface area contributed by atoms with Crippen LogP contribution in [0.25, 0.3) is 0 Å². The predicted octanol–water partition coefficient (Wildman–Crippen LogP) is 5.58. The topological polar surface area (TPSA) is 9.23 Å². The smallest absolute Gasteiger partial charge is 0.0971 e. The van der Waals surface area contributed by atoms with Crippen molar-refractivity contribution in [2.75, 3.05) is 6.61 Å². The maximum Gasteiger partial charge on any atom is 0.0971 e. The van der Waals surface area contributed by atoms with Crippen molar-refractivity contribution in [2.24, 2.45) is 11.8 Å². The van der Waals surface area contributed by atoms with Gasteiger partial charge >= 0.3 is 0 Å². The van der Waals surface area contributed by atoms with Crippen LogP contribution in [0.1, 0.15) is 62.3 Å². The average Bonchev–Trinajstić information content (AvgIpc) is 2.11. The fourth-order valence-electron chi connectivity index (χ4n) is 1.71. The second-order valence-corrected chi connectivity index (χ2v) is 5.44. The maximum atomic E-state index is 5.44. The molecule has 0 unspecified atom stereocenters. The van der Waals surface area contributed by atoms with Crippen LogP contribution in [0.4, 0.5) is 0 Å². The maximum absolute atomic E-state index is 5.44. The highest BCUT2D eigenvalue weighted by Crippen LogP contribution is 2.15. The second-order valence-electron chi connectivity index (χ2n) is 5.44. The molecule has 0 bridgehead atoms. The molecule has 102 valence electrons. The third kappa shape index (κ3) is 13.2. The van der Waals surface area contributed by atoms with E-state index in [-0.39, 0.29) is 0 Å². The van der Waals surface area contributed by atoms with Gasteiger partial charge in [0.05, 0.1) is 12.4 Å². The first kappa shape index (κ1) is 18.6. The first-order valence-electron chi connectivity index (χ1n) is 6.67. The van der Waals surface area contributed by atoms with Crippen LogP contribution in [0, 0.1) is 11.8 Å². The van der Waals surface area contributed by atoms with Crippen LogP contribution in [0.2, 0.25) is 0 Å². The third-order valence-corrected chi connectivity index (χ3v) is 1.98. The van der Waals surface area contributed by atoms with Crippen LogP contribution < -0.4 is 0 Å². The van der Waals surface area contributed by atoms with Crippen molar-refractivity contribution in [1.29, 1.82) is 0 Å². The number of rotatable bonds is 4. The van der Waals surface area contributed by atoms with Crippen LogP contribution in [0.15, 0.2) is 23.0 Å². The highest BCUT2D eigenvalue weighted by atomic mass is 16.5. The molecule has 0 N–H and O–H groups in total. The Morgan fingerprint density at radius 3 is 1.53 bits per heavy atom. The Kier molecular flexibility index (Phi) is 11.4. The van der Waals surface area contributed by atoms with E-state index in [9.17, 15) is 0 Å². The lowest BCUT2D eigenvalue weighted by atomic mass is 10.1. The van der Waals surface area contributed by atoms with Gasteiger partial charge in [0.15, 0.2) is 0 Å². The Balaban J connectivity index is 0. The van der Waals surface area contributed by atoms with Gasteiger partial charge in [0.2, 0.25) is 0 Å². The minimum atomic E-state index is 0.518. The Bertz CT molecular complexity index is 236. The summed E-state index contributed by atoms with van der Waals surface area (Å²) in [4.78, 5) is 0. The molecule has 1 nitrogen and oxygen atoms in total. The average molecular weight is 240 g/mol. The summed E-state index contributed by atoms with van der Waals surface area (Å²) >= 11 is 0. The molecule has 0 saturated carbocycles. The zero-order valence-electron chi connectivity index (χ0n) is 13.3. The molecule has 1 heteroatoms. The monoisotopic (exact) mass is 240 g/mol. The summed E-state index contributed by atoms with van der Waals surface area (Å²) in [5.74, 6) is 2.37. The molecule has 0 heterocycles. The summed E-state index contributed by atoms with van der Waals surface area (Å²) in [5.41, 5.74) is 2.70. The van der Waals surface area contributed by atoms with Crippen molar-refractivity contribution in [3.63, 3.8) is 0 Å². The lowest BCUT2D eigenvalue weighted by Gasteiger charge is -2.13. The number of hydrogen-bond donors (Lipinski definition) is 0. The molecule has 0 aliphatic carbocycles. The Morgan fingerprint density at radius 1 is 1.00 bits per heavy atom. The molecule has 0 atom stereocenters. The summed E-state index contributed by atoms with van der Waals surface area (Å²) in [7, 11) is 0. The van der Waals surface area contributed by atoms with Crippen LogP contribution in [0.5, 0.6) is 0 Å². The zero-order valence-corrected chi connectivity index (χ0v) is 13.3. The highest BCUT2D eigenvalue weighted by molar-refractivity contribution is 5.04. The van der Waals surface area contributed by atoms with E-state index in [0.29, 0.717) is 11.8 Å². The zero-order chi connectivity index (χ0) is 14.0. The predicted molar refractivity (Wildman–Crippen MR) is 79.1 cm³/mol. The van der Waals surface area contributed by atoms with Crippen molar-refractivity contribution in [1.82, 2.24) is 0 Å². The van der Waals surface area contributed by atoms with E-state index < -0.39 is 0 Å². The highest BCUT2D eigenvalue weighted by Gasteiger charge is 2.04. The van der Waals surface area contributed by atoms with E-state index >= 15 is 0 Å². The summed E-state index contributed by atoms with van der Waals surface area (Å²) in [6.07, 6.45) is 2.25. The summed E-state index contributed by atoms with van der Waals surface area (Å²) < 4.78 is 5.44.